The van der Waals surface area contributed by atoms with Crippen molar-refractivity contribution in [1.29, 1.82) is 0 Å². The second kappa shape index (κ2) is 10.2. The minimum Gasteiger partial charge on any atom is -0.450 e. The van der Waals surface area contributed by atoms with E-state index in [4.69, 9.17) is 10.5 Å². The molecule has 3 heterocycles. The topological polar surface area (TPSA) is 94.0 Å². The molecule has 3 amide bonds. The monoisotopic (exact) mass is 503 g/mol. The molecule has 1 radical (unpaired) electrons. The molecule has 0 aliphatic carbocycles. The summed E-state index contributed by atoms with van der Waals surface area (Å²) in [5.74, 6) is -0.618. The third-order valence-electron chi connectivity index (χ3n) is 8.44. The number of rotatable bonds is 4. The fourth-order valence-corrected chi connectivity index (χ4v) is 6.32. The Bertz CT molecular complexity index is 1180. The number of hydrogen-bond acceptors (Lipinski definition) is 5. The molecule has 195 valence electrons. The minimum absolute atomic E-state index is 0.0675. The van der Waals surface area contributed by atoms with Gasteiger partial charge >= 0.3 is 6.09 Å². The van der Waals surface area contributed by atoms with Crippen LogP contribution in [0.1, 0.15) is 55.5 Å². The summed E-state index contributed by atoms with van der Waals surface area (Å²) in [5.41, 5.74) is 11.9. The zero-order valence-corrected chi connectivity index (χ0v) is 21.7. The summed E-state index contributed by atoms with van der Waals surface area (Å²) in [7, 11) is 0. The molecule has 8 heteroatoms. The van der Waals surface area contributed by atoms with Gasteiger partial charge in [-0.25, -0.2) is 4.79 Å². The van der Waals surface area contributed by atoms with Gasteiger partial charge in [0.25, 0.3) is 5.91 Å². The van der Waals surface area contributed by atoms with Crippen molar-refractivity contribution in [3.8, 4) is 11.1 Å². The van der Waals surface area contributed by atoms with Gasteiger partial charge in [0.05, 0.1) is 6.61 Å². The third-order valence-corrected chi connectivity index (χ3v) is 8.44. The number of carbonyl (C=O) groups is 3. The summed E-state index contributed by atoms with van der Waals surface area (Å²) in [5, 5.41) is 0. The lowest BCUT2D eigenvalue weighted by atomic mass is 9.73. The number of piperidine rings is 2. The molecule has 8 nitrogen and oxygen atoms in total. The Morgan fingerprint density at radius 2 is 1.62 bits per heavy atom. The molecule has 5 rings (SSSR count). The summed E-state index contributed by atoms with van der Waals surface area (Å²) in [6.45, 7) is 8.01. The molecule has 1 N–H and O–H groups in total. The average Bonchev–Trinajstić information content (AvgIpc) is 3.23. The van der Waals surface area contributed by atoms with Crippen LogP contribution in [0.5, 0.6) is 0 Å². The van der Waals surface area contributed by atoms with Crippen LogP contribution in [0.2, 0.25) is 0 Å². The van der Waals surface area contributed by atoms with Crippen molar-refractivity contribution >= 4 is 23.6 Å². The van der Waals surface area contributed by atoms with Crippen LogP contribution in [-0.2, 0) is 14.9 Å². The Labute approximate surface area is 218 Å². The number of likely N-dealkylation sites (tertiary alicyclic amines) is 2. The largest absolute Gasteiger partial charge is 0.450 e. The van der Waals surface area contributed by atoms with E-state index in [0.717, 1.165) is 68.7 Å². The number of carbonyl (C=O) groups excluding carboxylic acids is 3. The normalized spacial score (nSPS) is 19.6. The smallest absolute Gasteiger partial charge is 0.409 e. The number of hydrogen-bond donors (Lipinski definition) is 0. The van der Waals surface area contributed by atoms with Crippen molar-refractivity contribution in [3.63, 3.8) is 0 Å². The van der Waals surface area contributed by atoms with Crippen LogP contribution >= 0.6 is 0 Å². The molecule has 3 aliphatic heterocycles. The lowest BCUT2D eigenvalue weighted by Gasteiger charge is -2.45. The van der Waals surface area contributed by atoms with E-state index in [-0.39, 0.29) is 17.4 Å². The molecule has 2 aromatic carbocycles. The summed E-state index contributed by atoms with van der Waals surface area (Å²) < 4.78 is 5.16. The predicted molar refractivity (Wildman–Crippen MR) is 141 cm³/mol. The number of nitrogens with zero attached hydrogens (tertiary/aromatic N) is 3. The van der Waals surface area contributed by atoms with Crippen molar-refractivity contribution < 1.29 is 19.1 Å². The highest BCUT2D eigenvalue weighted by Gasteiger charge is 2.46. The van der Waals surface area contributed by atoms with Crippen molar-refractivity contribution in [3.05, 3.63) is 53.6 Å². The first-order valence-electron chi connectivity index (χ1n) is 13.3. The summed E-state index contributed by atoms with van der Waals surface area (Å²) in [4.78, 5) is 42.3. The number of amides is 3. The summed E-state index contributed by atoms with van der Waals surface area (Å²) >= 11 is 0. The van der Waals surface area contributed by atoms with Crippen LogP contribution in [-0.4, -0.2) is 73.1 Å². The van der Waals surface area contributed by atoms with Crippen molar-refractivity contribution in [2.45, 2.75) is 51.0 Å². The Morgan fingerprint density at radius 3 is 2.22 bits per heavy atom. The third kappa shape index (κ3) is 4.82. The first-order chi connectivity index (χ1) is 17.8. The molecular weight excluding hydrogens is 468 g/mol. The van der Waals surface area contributed by atoms with Gasteiger partial charge in [-0.3, -0.25) is 15.3 Å². The van der Waals surface area contributed by atoms with E-state index in [9.17, 15) is 14.4 Å². The molecular formula is C29H35N4O4. The van der Waals surface area contributed by atoms with Gasteiger partial charge in [-0.05, 0) is 86.7 Å². The Kier molecular flexibility index (Phi) is 6.94. The fraction of sp³-hybridized carbons (Fsp3) is 0.483. The second-order valence-corrected chi connectivity index (χ2v) is 10.5. The van der Waals surface area contributed by atoms with Crippen molar-refractivity contribution in [2.24, 2.45) is 0 Å². The van der Waals surface area contributed by atoms with E-state index in [1.54, 1.807) is 19.1 Å². The van der Waals surface area contributed by atoms with Gasteiger partial charge in [0.2, 0.25) is 5.91 Å². The van der Waals surface area contributed by atoms with E-state index in [2.05, 4.69) is 17.0 Å². The van der Waals surface area contributed by atoms with Crippen molar-refractivity contribution in [1.82, 2.24) is 15.5 Å². The molecule has 1 spiro atoms. The highest BCUT2D eigenvalue weighted by Crippen LogP contribution is 2.48. The van der Waals surface area contributed by atoms with E-state index in [1.165, 1.54) is 5.56 Å². The SMILES string of the molecule is CCOC(=O)N1CCC(N2CCC3(CC2)CN(C(C)=O)c2ccc(-c4ccc(C([NH])=O)cc4)cc23)CC1. The second-order valence-electron chi connectivity index (χ2n) is 10.5. The van der Waals surface area contributed by atoms with Gasteiger partial charge in [-0.15, -0.1) is 0 Å². The Balaban J connectivity index is 1.33. The maximum absolute atomic E-state index is 12.6. The number of fused-ring (bicyclic) bond motifs is 2. The molecule has 2 fully saturated rings. The zero-order chi connectivity index (χ0) is 26.2. The molecule has 0 saturated carbocycles. The van der Waals surface area contributed by atoms with E-state index < -0.39 is 5.91 Å². The number of ether oxygens (including phenoxy) is 1. The molecule has 0 bridgehead atoms. The highest BCUT2D eigenvalue weighted by atomic mass is 16.6. The van der Waals surface area contributed by atoms with Gasteiger partial charge in [0, 0.05) is 49.3 Å². The lowest BCUT2D eigenvalue weighted by molar-refractivity contribution is -0.116. The Hall–Kier alpha value is -3.39. The van der Waals surface area contributed by atoms with E-state index >= 15 is 0 Å². The maximum atomic E-state index is 12.6. The quantitative estimate of drug-likeness (QED) is 0.626. The number of nitrogens with one attached hydrogen (secondary N) is 1. The van der Waals surface area contributed by atoms with Crippen LogP contribution in [0.3, 0.4) is 0 Å². The molecule has 0 unspecified atom stereocenters. The van der Waals surface area contributed by atoms with Gasteiger partial charge in [0.15, 0.2) is 0 Å². The first-order valence-corrected chi connectivity index (χ1v) is 13.3. The van der Waals surface area contributed by atoms with Gasteiger partial charge in [-0.2, -0.15) is 0 Å². The standard InChI is InChI=1S/C29H35N4O4/c1-3-37-28(36)32-14-10-24(11-15-32)31-16-12-29(13-17-31)19-33(20(2)34)26-9-8-23(18-25(26)29)21-4-6-22(7-5-21)27(30)35/h4-9,18,24,30H,3,10-17,19H2,1-2H3. The Morgan fingerprint density at radius 1 is 0.973 bits per heavy atom. The number of anilines is 1. The molecule has 0 aromatic heterocycles. The molecule has 37 heavy (non-hydrogen) atoms. The van der Waals surface area contributed by atoms with Gasteiger partial charge < -0.3 is 19.4 Å². The van der Waals surface area contributed by atoms with Crippen LogP contribution in [0.25, 0.3) is 11.1 Å². The van der Waals surface area contributed by atoms with Gasteiger partial charge in [0.1, 0.15) is 0 Å². The van der Waals surface area contributed by atoms with Crippen LogP contribution in [0.4, 0.5) is 10.5 Å². The number of benzene rings is 2. The zero-order valence-electron chi connectivity index (χ0n) is 21.7. The van der Waals surface area contributed by atoms with E-state index in [0.29, 0.717) is 24.8 Å². The minimum atomic E-state index is -0.685. The highest BCUT2D eigenvalue weighted by molar-refractivity contribution is 5.96. The van der Waals surface area contributed by atoms with Crippen LogP contribution in [0.15, 0.2) is 42.5 Å². The lowest BCUT2D eigenvalue weighted by Crippen LogP contribution is -2.52. The maximum Gasteiger partial charge on any atom is 0.409 e. The van der Waals surface area contributed by atoms with Gasteiger partial charge in [-0.1, -0.05) is 18.2 Å². The predicted octanol–water partition coefficient (Wildman–Crippen LogP) is 4.10. The summed E-state index contributed by atoms with van der Waals surface area (Å²) in [6, 6.07) is 14.0. The molecule has 0 atom stereocenters. The average molecular weight is 504 g/mol. The van der Waals surface area contributed by atoms with Crippen LogP contribution < -0.4 is 10.6 Å². The first kappa shape index (κ1) is 25.3. The molecule has 3 aliphatic rings. The molecule has 2 aromatic rings. The van der Waals surface area contributed by atoms with E-state index in [1.807, 2.05) is 34.9 Å². The summed E-state index contributed by atoms with van der Waals surface area (Å²) in [6.07, 6.45) is 3.68. The fourth-order valence-electron chi connectivity index (χ4n) is 6.32. The van der Waals surface area contributed by atoms with Crippen LogP contribution in [0, 0.1) is 0 Å². The van der Waals surface area contributed by atoms with Crippen molar-refractivity contribution in [2.75, 3.05) is 44.2 Å². The molecule has 2 saturated heterocycles.